The minimum absolute atomic E-state index is 0.107. The zero-order chi connectivity index (χ0) is 17.9. The van der Waals surface area contributed by atoms with E-state index in [2.05, 4.69) is 5.32 Å². The number of rotatable bonds is 3. The highest BCUT2D eigenvalue weighted by atomic mass is 19.4. The van der Waals surface area contributed by atoms with Gasteiger partial charge in [-0.05, 0) is 31.9 Å². The van der Waals surface area contributed by atoms with Crippen LogP contribution < -0.4 is 5.32 Å². The monoisotopic (exact) mass is 342 g/mol. The van der Waals surface area contributed by atoms with Gasteiger partial charge >= 0.3 is 12.1 Å². The van der Waals surface area contributed by atoms with Gasteiger partial charge in [-0.3, -0.25) is 14.4 Å². The second-order valence-corrected chi connectivity index (χ2v) is 5.69. The summed E-state index contributed by atoms with van der Waals surface area (Å²) in [5.41, 5.74) is 0.917. The molecule has 0 atom stereocenters. The topological polar surface area (TPSA) is 66.5 Å². The van der Waals surface area contributed by atoms with E-state index in [1.54, 1.807) is 24.3 Å². The van der Waals surface area contributed by atoms with Gasteiger partial charge in [0.25, 0.3) is 0 Å². The largest absolute Gasteiger partial charge is 0.471 e. The Bertz CT molecular complexity index is 650. The van der Waals surface area contributed by atoms with Crippen LogP contribution in [-0.4, -0.2) is 41.8 Å². The molecular formula is C16H17F3N2O3. The van der Waals surface area contributed by atoms with Gasteiger partial charge in [0, 0.05) is 30.3 Å². The lowest BCUT2D eigenvalue weighted by Gasteiger charge is -2.31. The summed E-state index contributed by atoms with van der Waals surface area (Å²) in [6.07, 6.45) is -4.55. The molecule has 0 aromatic heterocycles. The van der Waals surface area contributed by atoms with Gasteiger partial charge in [-0.1, -0.05) is 12.1 Å². The molecule has 0 unspecified atom stereocenters. The third-order valence-electron chi connectivity index (χ3n) is 3.93. The highest BCUT2D eigenvalue weighted by molar-refractivity contribution is 5.97. The number of likely N-dealkylation sites (tertiary alicyclic amines) is 1. The molecule has 24 heavy (non-hydrogen) atoms. The molecule has 1 aliphatic heterocycles. The summed E-state index contributed by atoms with van der Waals surface area (Å²) in [7, 11) is 0. The minimum atomic E-state index is -4.89. The Kier molecular flexibility index (Phi) is 5.26. The molecule has 0 aliphatic carbocycles. The van der Waals surface area contributed by atoms with Crippen LogP contribution in [0.5, 0.6) is 0 Å². The standard InChI is InChI=1S/C16H17F3N2O3/c1-10(22)12-3-2-4-13(9-12)20-14(23)11-5-7-21(8-6-11)15(24)16(17,18)19/h2-4,9,11H,5-8H2,1H3,(H,20,23). The van der Waals surface area contributed by atoms with Gasteiger partial charge in [-0.25, -0.2) is 0 Å². The number of carbonyl (C=O) groups is 3. The Hall–Kier alpha value is -2.38. The Morgan fingerprint density at radius 2 is 1.79 bits per heavy atom. The number of amides is 2. The maximum absolute atomic E-state index is 12.4. The Morgan fingerprint density at radius 3 is 2.33 bits per heavy atom. The zero-order valence-electron chi connectivity index (χ0n) is 13.0. The van der Waals surface area contributed by atoms with Gasteiger partial charge in [0.2, 0.25) is 5.91 Å². The van der Waals surface area contributed by atoms with Gasteiger partial charge in [-0.15, -0.1) is 0 Å². The molecule has 2 rings (SSSR count). The zero-order valence-corrected chi connectivity index (χ0v) is 13.0. The van der Waals surface area contributed by atoms with E-state index >= 15 is 0 Å². The predicted octanol–water partition coefficient (Wildman–Crippen LogP) is 2.63. The van der Waals surface area contributed by atoms with Crippen LogP contribution in [0.4, 0.5) is 18.9 Å². The van der Waals surface area contributed by atoms with Crippen LogP contribution in [0.15, 0.2) is 24.3 Å². The smallest absolute Gasteiger partial charge is 0.335 e. The molecule has 1 heterocycles. The molecule has 0 radical (unpaired) electrons. The van der Waals surface area contributed by atoms with E-state index in [0.29, 0.717) is 11.3 Å². The number of alkyl halides is 3. The van der Waals surface area contributed by atoms with Crippen LogP contribution >= 0.6 is 0 Å². The molecule has 130 valence electrons. The number of benzene rings is 1. The second-order valence-electron chi connectivity index (χ2n) is 5.69. The molecule has 1 fully saturated rings. The maximum Gasteiger partial charge on any atom is 0.471 e. The van der Waals surface area contributed by atoms with Crippen molar-refractivity contribution >= 4 is 23.3 Å². The summed E-state index contributed by atoms with van der Waals surface area (Å²) in [6.45, 7) is 1.20. The fraction of sp³-hybridized carbons (Fsp3) is 0.438. The Morgan fingerprint density at radius 1 is 1.17 bits per heavy atom. The van der Waals surface area contributed by atoms with Crippen molar-refractivity contribution < 1.29 is 27.6 Å². The quantitative estimate of drug-likeness (QED) is 0.859. The first-order chi connectivity index (χ1) is 11.2. The minimum Gasteiger partial charge on any atom is -0.335 e. The molecule has 0 bridgehead atoms. The number of piperidine rings is 1. The van der Waals surface area contributed by atoms with E-state index in [0.717, 1.165) is 4.90 Å². The van der Waals surface area contributed by atoms with E-state index < -0.39 is 18.0 Å². The molecule has 1 aromatic carbocycles. The van der Waals surface area contributed by atoms with Crippen molar-refractivity contribution in [2.45, 2.75) is 25.9 Å². The third-order valence-corrected chi connectivity index (χ3v) is 3.93. The van der Waals surface area contributed by atoms with Crippen LogP contribution in [0.2, 0.25) is 0 Å². The fourth-order valence-electron chi connectivity index (χ4n) is 2.58. The van der Waals surface area contributed by atoms with E-state index in [1.165, 1.54) is 6.92 Å². The van der Waals surface area contributed by atoms with Gasteiger partial charge in [-0.2, -0.15) is 13.2 Å². The summed E-state index contributed by atoms with van der Waals surface area (Å²) < 4.78 is 37.1. The van der Waals surface area contributed by atoms with Crippen molar-refractivity contribution in [1.29, 1.82) is 0 Å². The first-order valence-corrected chi connectivity index (χ1v) is 7.46. The first-order valence-electron chi connectivity index (χ1n) is 7.46. The van der Waals surface area contributed by atoms with Crippen molar-refractivity contribution in [2.24, 2.45) is 5.92 Å². The van der Waals surface area contributed by atoms with E-state index in [-0.39, 0.29) is 37.6 Å². The summed E-state index contributed by atoms with van der Waals surface area (Å²) in [5, 5.41) is 2.66. The van der Waals surface area contributed by atoms with Gasteiger partial charge < -0.3 is 10.2 Å². The van der Waals surface area contributed by atoms with Gasteiger partial charge in [0.1, 0.15) is 0 Å². The molecule has 1 aromatic rings. The number of carbonyl (C=O) groups excluding carboxylic acids is 3. The number of anilines is 1. The highest BCUT2D eigenvalue weighted by Crippen LogP contribution is 2.25. The fourth-order valence-corrected chi connectivity index (χ4v) is 2.58. The molecular weight excluding hydrogens is 325 g/mol. The van der Waals surface area contributed by atoms with Crippen LogP contribution in [0.1, 0.15) is 30.1 Å². The van der Waals surface area contributed by atoms with Crippen molar-refractivity contribution in [3.63, 3.8) is 0 Å². The van der Waals surface area contributed by atoms with E-state index in [9.17, 15) is 27.6 Å². The molecule has 2 amide bonds. The van der Waals surface area contributed by atoms with Crippen LogP contribution in [0.3, 0.4) is 0 Å². The van der Waals surface area contributed by atoms with Crippen molar-refractivity contribution in [3.05, 3.63) is 29.8 Å². The molecule has 5 nitrogen and oxygen atoms in total. The second kappa shape index (κ2) is 7.02. The lowest BCUT2D eigenvalue weighted by Crippen LogP contribution is -2.46. The molecule has 1 aliphatic rings. The average Bonchev–Trinajstić information content (AvgIpc) is 2.53. The Labute approximate surface area is 136 Å². The lowest BCUT2D eigenvalue weighted by atomic mass is 9.95. The number of hydrogen-bond donors (Lipinski definition) is 1. The molecule has 1 saturated heterocycles. The number of halogens is 3. The summed E-state index contributed by atoms with van der Waals surface area (Å²) in [5.74, 6) is -2.79. The normalized spacial score (nSPS) is 15.9. The summed E-state index contributed by atoms with van der Waals surface area (Å²) in [6, 6.07) is 6.44. The van der Waals surface area contributed by atoms with Crippen LogP contribution in [-0.2, 0) is 9.59 Å². The van der Waals surface area contributed by atoms with Gasteiger partial charge in [0.05, 0.1) is 0 Å². The number of Topliss-reactive ketones (excluding diaryl/α,β-unsaturated/α-hetero) is 1. The lowest BCUT2D eigenvalue weighted by molar-refractivity contribution is -0.186. The predicted molar refractivity (Wildman–Crippen MR) is 80.4 cm³/mol. The van der Waals surface area contributed by atoms with Crippen molar-refractivity contribution in [3.8, 4) is 0 Å². The first kappa shape index (κ1) is 18.0. The number of nitrogens with one attached hydrogen (secondary N) is 1. The van der Waals surface area contributed by atoms with Crippen LogP contribution in [0, 0.1) is 5.92 Å². The highest BCUT2D eigenvalue weighted by Gasteiger charge is 2.43. The van der Waals surface area contributed by atoms with Crippen molar-refractivity contribution in [2.75, 3.05) is 18.4 Å². The molecule has 0 saturated carbocycles. The Balaban J connectivity index is 1.93. The number of nitrogens with zero attached hydrogens (tertiary/aromatic N) is 1. The molecule has 1 N–H and O–H groups in total. The SMILES string of the molecule is CC(=O)c1cccc(NC(=O)C2CCN(C(=O)C(F)(F)F)CC2)c1. The molecule has 8 heteroatoms. The number of hydrogen-bond acceptors (Lipinski definition) is 3. The van der Waals surface area contributed by atoms with E-state index in [4.69, 9.17) is 0 Å². The van der Waals surface area contributed by atoms with E-state index in [1.807, 2.05) is 0 Å². The summed E-state index contributed by atoms with van der Waals surface area (Å²) in [4.78, 5) is 35.4. The molecule has 0 spiro atoms. The van der Waals surface area contributed by atoms with Crippen molar-refractivity contribution in [1.82, 2.24) is 4.90 Å². The van der Waals surface area contributed by atoms with Gasteiger partial charge in [0.15, 0.2) is 5.78 Å². The summed E-state index contributed by atoms with van der Waals surface area (Å²) >= 11 is 0. The van der Waals surface area contributed by atoms with Crippen LogP contribution in [0.25, 0.3) is 0 Å². The average molecular weight is 342 g/mol. The third kappa shape index (κ3) is 4.33. The number of ketones is 1. The maximum atomic E-state index is 12.4.